The fraction of sp³-hybridized carbons (Fsp3) is 0.393. The van der Waals surface area contributed by atoms with Crippen LogP contribution >= 0.6 is 34.5 Å². The number of rotatable bonds is 5. The zero-order valence-electron chi connectivity index (χ0n) is 20.3. The summed E-state index contributed by atoms with van der Waals surface area (Å²) in [5.74, 6) is 0.0689. The van der Waals surface area contributed by atoms with E-state index >= 15 is 0 Å². The number of piperidine rings is 1. The standard InChI is InChI=1S/C28H24Cl2FN3O3S/c29-17-2-1-3-18(30)22(17)24-21(25(37-33-24)14-4-5-14)16-12-28(13-16)6-8-34(9-7-28)27-32-23-19(31)10-15(26(35)36)11-20(23)38-27/h1-3,10-11,14,16H,4-9,12-13H2,(H,35,36). The van der Waals surface area contributed by atoms with Crippen LogP contribution in [0.1, 0.15) is 72.0 Å². The van der Waals surface area contributed by atoms with Crippen molar-refractivity contribution in [1.82, 2.24) is 10.1 Å². The summed E-state index contributed by atoms with van der Waals surface area (Å²) in [4.78, 5) is 18.0. The second-order valence-corrected chi connectivity index (χ2v) is 12.7. The zero-order valence-corrected chi connectivity index (χ0v) is 22.7. The summed E-state index contributed by atoms with van der Waals surface area (Å²) in [5.41, 5.74) is 3.17. The molecule has 2 aromatic carbocycles. The molecule has 2 aliphatic carbocycles. The van der Waals surface area contributed by atoms with Crippen LogP contribution in [0.3, 0.4) is 0 Å². The molecule has 7 rings (SSSR count). The van der Waals surface area contributed by atoms with E-state index in [0.717, 1.165) is 79.8 Å². The monoisotopic (exact) mass is 571 g/mol. The molecule has 0 atom stereocenters. The van der Waals surface area contributed by atoms with Crippen LogP contribution in [0.5, 0.6) is 0 Å². The Hall–Kier alpha value is -2.68. The van der Waals surface area contributed by atoms with Gasteiger partial charge in [0.2, 0.25) is 0 Å². The van der Waals surface area contributed by atoms with Crippen LogP contribution < -0.4 is 4.90 Å². The molecule has 0 unspecified atom stereocenters. The Morgan fingerprint density at radius 3 is 2.50 bits per heavy atom. The highest BCUT2D eigenvalue weighted by Gasteiger charge is 2.50. The van der Waals surface area contributed by atoms with E-state index in [-0.39, 0.29) is 16.5 Å². The van der Waals surface area contributed by atoms with Crippen molar-refractivity contribution in [2.75, 3.05) is 18.0 Å². The van der Waals surface area contributed by atoms with Crippen molar-refractivity contribution in [3.8, 4) is 11.3 Å². The molecule has 0 radical (unpaired) electrons. The summed E-state index contributed by atoms with van der Waals surface area (Å²) in [6, 6.07) is 8.06. The largest absolute Gasteiger partial charge is 0.478 e. The molecule has 38 heavy (non-hydrogen) atoms. The van der Waals surface area contributed by atoms with Crippen LogP contribution in [-0.4, -0.2) is 34.3 Å². The Balaban J connectivity index is 1.10. The fourth-order valence-corrected chi connectivity index (χ4v) is 7.90. The van der Waals surface area contributed by atoms with Crippen molar-refractivity contribution < 1.29 is 18.8 Å². The van der Waals surface area contributed by atoms with Gasteiger partial charge in [0.1, 0.15) is 17.0 Å². The van der Waals surface area contributed by atoms with Gasteiger partial charge >= 0.3 is 5.97 Å². The zero-order chi connectivity index (χ0) is 26.2. The summed E-state index contributed by atoms with van der Waals surface area (Å²) < 4.78 is 20.9. The number of benzene rings is 2. The molecule has 1 saturated heterocycles. The van der Waals surface area contributed by atoms with Crippen molar-refractivity contribution in [2.45, 2.75) is 50.4 Å². The number of aromatic nitrogens is 2. The third-order valence-electron chi connectivity index (χ3n) is 8.45. The lowest BCUT2D eigenvalue weighted by Gasteiger charge is -2.52. The quantitative estimate of drug-likeness (QED) is 0.260. The lowest BCUT2D eigenvalue weighted by atomic mass is 9.55. The van der Waals surface area contributed by atoms with Crippen LogP contribution in [0.15, 0.2) is 34.9 Å². The van der Waals surface area contributed by atoms with Gasteiger partial charge in [-0.1, -0.05) is 45.8 Å². The normalized spacial score (nSPS) is 19.3. The average molecular weight is 572 g/mol. The van der Waals surface area contributed by atoms with Crippen LogP contribution in [0.4, 0.5) is 9.52 Å². The van der Waals surface area contributed by atoms with Gasteiger partial charge in [0.25, 0.3) is 0 Å². The molecule has 2 saturated carbocycles. The maximum Gasteiger partial charge on any atom is 0.335 e. The molecule has 10 heteroatoms. The predicted octanol–water partition coefficient (Wildman–Crippen LogP) is 8.14. The average Bonchev–Trinajstić information content (AvgIpc) is 3.47. The van der Waals surface area contributed by atoms with Crippen molar-refractivity contribution in [3.63, 3.8) is 0 Å². The lowest BCUT2D eigenvalue weighted by molar-refractivity contribution is 0.0675. The Morgan fingerprint density at radius 2 is 1.84 bits per heavy atom. The Labute approximate surface area is 232 Å². The Morgan fingerprint density at radius 1 is 1.13 bits per heavy atom. The first-order chi connectivity index (χ1) is 18.3. The molecule has 0 bridgehead atoms. The minimum Gasteiger partial charge on any atom is -0.478 e. The van der Waals surface area contributed by atoms with Crippen molar-refractivity contribution in [3.05, 3.63) is 63.1 Å². The molecule has 3 aliphatic rings. The van der Waals surface area contributed by atoms with Gasteiger partial charge in [-0.2, -0.15) is 0 Å². The van der Waals surface area contributed by atoms with E-state index < -0.39 is 11.8 Å². The number of fused-ring (bicyclic) bond motifs is 1. The van der Waals surface area contributed by atoms with E-state index in [1.165, 1.54) is 23.0 Å². The number of aromatic carboxylic acids is 1. The number of carboxylic acids is 1. The van der Waals surface area contributed by atoms with E-state index in [9.17, 15) is 14.3 Å². The van der Waals surface area contributed by atoms with Crippen LogP contribution in [0.25, 0.3) is 21.5 Å². The second kappa shape index (κ2) is 8.93. The van der Waals surface area contributed by atoms with Crippen molar-refractivity contribution in [1.29, 1.82) is 0 Å². The Kier molecular flexibility index (Phi) is 5.73. The van der Waals surface area contributed by atoms with E-state index in [1.54, 1.807) is 0 Å². The van der Waals surface area contributed by atoms with E-state index in [0.29, 0.717) is 26.6 Å². The molecular weight excluding hydrogens is 548 g/mol. The lowest BCUT2D eigenvalue weighted by Crippen LogP contribution is -2.46. The van der Waals surface area contributed by atoms with Gasteiger partial charge in [-0.3, -0.25) is 0 Å². The maximum absolute atomic E-state index is 14.5. The number of thiazole rings is 1. The van der Waals surface area contributed by atoms with Crippen molar-refractivity contribution in [2.24, 2.45) is 5.41 Å². The van der Waals surface area contributed by atoms with Gasteiger partial charge in [-0.25, -0.2) is 14.2 Å². The Bertz CT molecular complexity index is 1560. The molecule has 0 amide bonds. The molecule has 3 heterocycles. The summed E-state index contributed by atoms with van der Waals surface area (Å²) in [7, 11) is 0. The first-order valence-electron chi connectivity index (χ1n) is 12.8. The summed E-state index contributed by atoms with van der Waals surface area (Å²) in [5, 5.41) is 15.6. The number of hydrogen-bond acceptors (Lipinski definition) is 6. The summed E-state index contributed by atoms with van der Waals surface area (Å²) in [6.45, 7) is 1.67. The molecule has 4 aromatic rings. The molecule has 196 valence electrons. The van der Waals surface area contributed by atoms with Gasteiger partial charge in [0.05, 0.1) is 20.3 Å². The van der Waals surface area contributed by atoms with E-state index in [4.69, 9.17) is 27.7 Å². The molecule has 6 nitrogen and oxygen atoms in total. The van der Waals surface area contributed by atoms with E-state index in [1.807, 2.05) is 18.2 Å². The molecule has 3 fully saturated rings. The SMILES string of the molecule is O=C(O)c1cc(F)c2nc(N3CCC4(CC3)CC(c3c(-c5c(Cl)cccc5Cl)noc3C3CC3)C4)sc2c1. The fourth-order valence-electron chi connectivity index (χ4n) is 6.25. The number of anilines is 1. The topological polar surface area (TPSA) is 79.5 Å². The first kappa shape index (κ1) is 24.4. The third-order valence-corrected chi connectivity index (χ3v) is 10.1. The van der Waals surface area contributed by atoms with Gasteiger partial charge in [0, 0.05) is 30.1 Å². The first-order valence-corrected chi connectivity index (χ1v) is 14.4. The highest BCUT2D eigenvalue weighted by atomic mass is 35.5. The van der Waals surface area contributed by atoms with Gasteiger partial charge in [0.15, 0.2) is 10.9 Å². The summed E-state index contributed by atoms with van der Waals surface area (Å²) >= 11 is 14.5. The summed E-state index contributed by atoms with van der Waals surface area (Å²) in [6.07, 6.45) is 6.42. The highest BCUT2D eigenvalue weighted by molar-refractivity contribution is 7.22. The van der Waals surface area contributed by atoms with Crippen molar-refractivity contribution >= 4 is 55.9 Å². The van der Waals surface area contributed by atoms with Gasteiger partial charge in [-0.05, 0) is 74.1 Å². The third kappa shape index (κ3) is 4.00. The molecule has 2 aromatic heterocycles. The highest BCUT2D eigenvalue weighted by Crippen LogP contribution is 2.61. The minimum atomic E-state index is -1.14. The van der Waals surface area contributed by atoms with E-state index in [2.05, 4.69) is 15.0 Å². The second-order valence-electron chi connectivity index (χ2n) is 10.9. The van der Waals surface area contributed by atoms with Gasteiger partial charge in [-0.15, -0.1) is 0 Å². The smallest absolute Gasteiger partial charge is 0.335 e. The van der Waals surface area contributed by atoms with Crippen LogP contribution in [0.2, 0.25) is 10.0 Å². The molecule has 1 spiro atoms. The predicted molar refractivity (Wildman–Crippen MR) is 146 cm³/mol. The number of nitrogens with zero attached hydrogens (tertiary/aromatic N) is 3. The van der Waals surface area contributed by atoms with Gasteiger partial charge < -0.3 is 14.5 Å². The van der Waals surface area contributed by atoms with Crippen LogP contribution in [-0.2, 0) is 0 Å². The van der Waals surface area contributed by atoms with Crippen LogP contribution in [0, 0.1) is 11.2 Å². The maximum atomic E-state index is 14.5. The number of hydrogen-bond donors (Lipinski definition) is 1. The molecular formula is C28H24Cl2FN3O3S. The minimum absolute atomic E-state index is 0.0555. The molecule has 1 aliphatic heterocycles. The number of carboxylic acid groups (broad SMARTS) is 1. The number of halogens is 3. The molecule has 1 N–H and O–H groups in total. The number of carbonyl (C=O) groups is 1.